The summed E-state index contributed by atoms with van der Waals surface area (Å²) in [6, 6.07) is 0.0880. The van der Waals surface area contributed by atoms with Gasteiger partial charge in [-0.25, -0.2) is 0 Å². The van der Waals surface area contributed by atoms with Crippen molar-refractivity contribution in [2.45, 2.75) is 72.1 Å². The zero-order valence-electron chi connectivity index (χ0n) is 19.0. The van der Waals surface area contributed by atoms with Gasteiger partial charge in [0.1, 0.15) is 12.7 Å². The second-order valence-electron chi connectivity index (χ2n) is 9.21. The van der Waals surface area contributed by atoms with Crippen LogP contribution in [0.3, 0.4) is 0 Å². The lowest BCUT2D eigenvalue weighted by atomic mass is 9.57. The SMILES string of the molecule is COCC(=O)N(CC(C)[C@@H]1CC[C@@H](C)[C@]2(O)[CH][C@@H](OC(C)=O)C(C)=C[C@H]12)C(C)C. The molecule has 1 amide bonds. The van der Waals surface area contributed by atoms with E-state index in [9.17, 15) is 14.7 Å². The number of aliphatic hydroxyl groups is 1. The number of carbonyl (C=O) groups is 2. The Kier molecular flexibility index (Phi) is 7.91. The highest BCUT2D eigenvalue weighted by Gasteiger charge is 2.53. The van der Waals surface area contributed by atoms with Gasteiger partial charge in [-0.3, -0.25) is 9.59 Å². The van der Waals surface area contributed by atoms with Crippen molar-refractivity contribution >= 4 is 11.9 Å². The first kappa shape index (κ1) is 23.9. The van der Waals surface area contributed by atoms with Crippen LogP contribution in [-0.4, -0.2) is 59.9 Å². The zero-order valence-corrected chi connectivity index (χ0v) is 19.0. The second-order valence-corrected chi connectivity index (χ2v) is 9.21. The Hall–Kier alpha value is -1.40. The summed E-state index contributed by atoms with van der Waals surface area (Å²) in [7, 11) is 1.54. The highest BCUT2D eigenvalue weighted by Crippen LogP contribution is 2.50. The molecule has 0 aromatic carbocycles. The molecule has 2 aliphatic rings. The van der Waals surface area contributed by atoms with E-state index in [4.69, 9.17) is 9.47 Å². The van der Waals surface area contributed by atoms with E-state index in [1.54, 1.807) is 0 Å². The van der Waals surface area contributed by atoms with Crippen molar-refractivity contribution in [3.8, 4) is 0 Å². The van der Waals surface area contributed by atoms with Crippen molar-refractivity contribution in [2.24, 2.45) is 23.7 Å². The molecule has 2 rings (SSSR count). The Morgan fingerprint density at radius 2 is 1.97 bits per heavy atom. The van der Waals surface area contributed by atoms with Gasteiger partial charge in [0.15, 0.2) is 0 Å². The van der Waals surface area contributed by atoms with E-state index in [1.165, 1.54) is 14.0 Å². The first-order valence-electron chi connectivity index (χ1n) is 10.7. The number of nitrogens with zero attached hydrogens (tertiary/aromatic N) is 1. The molecule has 6 heteroatoms. The summed E-state index contributed by atoms with van der Waals surface area (Å²) >= 11 is 0. The van der Waals surface area contributed by atoms with Crippen LogP contribution in [0.25, 0.3) is 0 Å². The average Bonchev–Trinajstić information content (AvgIpc) is 2.61. The standard InChI is InChI=1S/C23H38NO5/c1-14(2)24(22(26)13-28-7)12-16(4)19-9-8-17(5)23(27)11-21(29-18(6)25)15(3)10-20(19)23/h10-11,14,16-17,19-21,27H,8-9,12-13H2,1-7H3/t16?,17-,19+,20-,21-,23-/m1/s1. The van der Waals surface area contributed by atoms with Gasteiger partial charge in [0.25, 0.3) is 0 Å². The molecule has 1 N–H and O–H groups in total. The van der Waals surface area contributed by atoms with Crippen molar-refractivity contribution in [1.29, 1.82) is 0 Å². The lowest BCUT2D eigenvalue weighted by Gasteiger charge is -2.53. The average molecular weight is 409 g/mol. The van der Waals surface area contributed by atoms with Crippen LogP contribution in [-0.2, 0) is 19.1 Å². The van der Waals surface area contributed by atoms with Gasteiger partial charge in [0.2, 0.25) is 5.91 Å². The summed E-state index contributed by atoms with van der Waals surface area (Å²) in [5, 5.41) is 11.6. The number of methoxy groups -OCH3 is 1. The van der Waals surface area contributed by atoms with Gasteiger partial charge in [0.05, 0.1) is 5.60 Å². The van der Waals surface area contributed by atoms with Crippen LogP contribution in [0.2, 0.25) is 0 Å². The van der Waals surface area contributed by atoms with Gasteiger partial charge in [-0.1, -0.05) is 19.9 Å². The Morgan fingerprint density at radius 1 is 1.31 bits per heavy atom. The minimum Gasteiger partial charge on any atom is -0.458 e. The summed E-state index contributed by atoms with van der Waals surface area (Å²) in [4.78, 5) is 25.8. The number of esters is 1. The first-order chi connectivity index (χ1) is 13.5. The largest absolute Gasteiger partial charge is 0.458 e. The van der Waals surface area contributed by atoms with E-state index in [0.717, 1.165) is 18.4 Å². The smallest absolute Gasteiger partial charge is 0.303 e. The van der Waals surface area contributed by atoms with Crippen LogP contribution in [0.1, 0.15) is 54.4 Å². The topological polar surface area (TPSA) is 76.1 Å². The maximum Gasteiger partial charge on any atom is 0.303 e. The van der Waals surface area contributed by atoms with Gasteiger partial charge in [-0.15, -0.1) is 0 Å². The zero-order chi connectivity index (χ0) is 21.9. The third-order valence-corrected chi connectivity index (χ3v) is 6.75. The first-order valence-corrected chi connectivity index (χ1v) is 10.7. The molecule has 6 atom stereocenters. The molecule has 0 heterocycles. The molecule has 0 aliphatic heterocycles. The molecule has 1 radical (unpaired) electrons. The summed E-state index contributed by atoms with van der Waals surface area (Å²) in [5.74, 6) is 0.112. The Labute approximate surface area is 175 Å². The lowest BCUT2D eigenvalue weighted by Crippen LogP contribution is -2.57. The predicted molar refractivity (Wildman–Crippen MR) is 112 cm³/mol. The molecule has 6 nitrogen and oxygen atoms in total. The summed E-state index contributed by atoms with van der Waals surface area (Å²) < 4.78 is 10.5. The molecule has 2 aliphatic carbocycles. The van der Waals surface area contributed by atoms with Crippen LogP contribution in [0.4, 0.5) is 0 Å². The minimum absolute atomic E-state index is 0.00867. The van der Waals surface area contributed by atoms with E-state index < -0.39 is 11.7 Å². The maximum absolute atomic E-state index is 12.5. The molecule has 1 saturated carbocycles. The highest BCUT2D eigenvalue weighted by molar-refractivity contribution is 5.77. The molecule has 1 fully saturated rings. The number of ether oxygens (including phenoxy) is 2. The van der Waals surface area contributed by atoms with Crippen LogP contribution in [0.5, 0.6) is 0 Å². The predicted octanol–water partition coefficient (Wildman–Crippen LogP) is 3.00. The fourth-order valence-corrected chi connectivity index (χ4v) is 5.01. The fourth-order valence-electron chi connectivity index (χ4n) is 5.01. The number of hydrogen-bond donors (Lipinski definition) is 1. The van der Waals surface area contributed by atoms with Crippen LogP contribution in [0.15, 0.2) is 11.6 Å². The highest BCUT2D eigenvalue weighted by atomic mass is 16.5. The fraction of sp³-hybridized carbons (Fsp3) is 0.783. The Balaban J connectivity index is 2.25. The molecule has 0 spiro atoms. The molecule has 29 heavy (non-hydrogen) atoms. The Bertz CT molecular complexity index is 631. The van der Waals surface area contributed by atoms with Crippen molar-refractivity contribution in [3.05, 3.63) is 18.1 Å². The molecule has 1 unspecified atom stereocenters. The number of rotatable bonds is 7. The Morgan fingerprint density at radius 3 is 2.52 bits per heavy atom. The van der Waals surface area contributed by atoms with Crippen LogP contribution < -0.4 is 0 Å². The van der Waals surface area contributed by atoms with Crippen LogP contribution >= 0.6 is 0 Å². The molecule has 0 aromatic heterocycles. The number of amides is 1. The van der Waals surface area contributed by atoms with Gasteiger partial charge in [-0.2, -0.15) is 0 Å². The van der Waals surface area contributed by atoms with E-state index in [1.807, 2.05) is 32.1 Å². The molecular formula is C23H38NO5. The molecular weight excluding hydrogens is 370 g/mol. The molecule has 165 valence electrons. The van der Waals surface area contributed by atoms with Crippen molar-refractivity contribution < 1.29 is 24.2 Å². The number of hydrogen-bond acceptors (Lipinski definition) is 5. The third kappa shape index (κ3) is 5.21. The van der Waals surface area contributed by atoms with Crippen LogP contribution in [0, 0.1) is 30.1 Å². The van der Waals surface area contributed by atoms with Gasteiger partial charge < -0.3 is 19.5 Å². The quantitative estimate of drug-likeness (QED) is 0.518. The lowest BCUT2D eigenvalue weighted by molar-refractivity contribution is -0.148. The molecule has 0 saturated heterocycles. The number of fused-ring (bicyclic) bond motifs is 1. The van der Waals surface area contributed by atoms with E-state index in [2.05, 4.69) is 19.9 Å². The number of carbonyl (C=O) groups excluding carboxylic acids is 2. The molecule has 0 bridgehead atoms. The van der Waals surface area contributed by atoms with Gasteiger partial charge in [-0.05, 0) is 56.9 Å². The van der Waals surface area contributed by atoms with Gasteiger partial charge >= 0.3 is 5.97 Å². The summed E-state index contributed by atoms with van der Waals surface area (Å²) in [6.45, 7) is 12.3. The van der Waals surface area contributed by atoms with Crippen molar-refractivity contribution in [2.75, 3.05) is 20.3 Å². The molecule has 0 aromatic rings. The van der Waals surface area contributed by atoms with E-state index >= 15 is 0 Å². The van der Waals surface area contributed by atoms with Crippen molar-refractivity contribution in [3.63, 3.8) is 0 Å². The summed E-state index contributed by atoms with van der Waals surface area (Å²) in [5.41, 5.74) is -0.0620. The van der Waals surface area contributed by atoms with Gasteiger partial charge in [0, 0.05) is 39.0 Å². The van der Waals surface area contributed by atoms with E-state index in [0.29, 0.717) is 6.54 Å². The normalized spacial score (nSPS) is 32.9. The van der Waals surface area contributed by atoms with E-state index in [-0.39, 0.29) is 48.2 Å². The minimum atomic E-state index is -1.02. The summed E-state index contributed by atoms with van der Waals surface area (Å²) in [6.07, 6.45) is 5.33. The third-order valence-electron chi connectivity index (χ3n) is 6.75. The monoisotopic (exact) mass is 408 g/mol. The van der Waals surface area contributed by atoms with Crippen molar-refractivity contribution in [1.82, 2.24) is 4.90 Å². The second kappa shape index (κ2) is 9.61. The maximum atomic E-state index is 12.5.